The van der Waals surface area contributed by atoms with Crippen molar-refractivity contribution in [2.75, 3.05) is 33.0 Å². The van der Waals surface area contributed by atoms with E-state index in [0.29, 0.717) is 11.5 Å². The highest BCUT2D eigenvalue weighted by molar-refractivity contribution is 5.84. The van der Waals surface area contributed by atoms with Gasteiger partial charge in [-0.25, -0.2) is 56.7 Å². The van der Waals surface area contributed by atoms with Gasteiger partial charge < -0.3 is 71.1 Å². The Bertz CT molecular complexity index is 3090. The number of carbonyl (C=O) groups excluding carboxylic acids is 10. The van der Waals surface area contributed by atoms with Gasteiger partial charge in [0.25, 0.3) is 0 Å². The number of halogens is 5. The van der Waals surface area contributed by atoms with Gasteiger partial charge in [-0.2, -0.15) is 13.2 Å². The van der Waals surface area contributed by atoms with Gasteiger partial charge in [-0.05, 0) is 104 Å². The van der Waals surface area contributed by atoms with Crippen LogP contribution in [0.25, 0.3) is 0 Å². The van der Waals surface area contributed by atoms with Gasteiger partial charge in [0.15, 0.2) is 0 Å². The first-order valence-corrected chi connectivity index (χ1v) is 23.5. The molecular weight excluding hydrogens is 1130 g/mol. The predicted octanol–water partition coefficient (Wildman–Crippen LogP) is 7.55. The van der Waals surface area contributed by atoms with E-state index in [0.717, 1.165) is 53.6 Å². The lowest BCUT2D eigenvalue weighted by Gasteiger charge is -2.09. The van der Waals surface area contributed by atoms with Crippen LogP contribution in [-0.4, -0.2) is 124 Å². The topological polar surface area (TPSA) is 309 Å². The van der Waals surface area contributed by atoms with Gasteiger partial charge in [0.2, 0.25) is 30.5 Å². The summed E-state index contributed by atoms with van der Waals surface area (Å²) in [6, 6.07) is 27.6. The number of hydrogen-bond acceptors (Lipinski definition) is 25. The van der Waals surface area contributed by atoms with Crippen LogP contribution < -0.4 is 23.7 Å². The molecule has 5 fully saturated rings. The quantitative estimate of drug-likeness (QED) is 0.0564. The van der Waals surface area contributed by atoms with Crippen molar-refractivity contribution >= 4 is 60.6 Å². The molecule has 0 N–H and O–H groups in total. The number of cyclic esters (lactones) is 10. The molecule has 5 unspecified atom stereocenters. The fourth-order valence-electron chi connectivity index (χ4n) is 6.22. The lowest BCUT2D eigenvalue weighted by atomic mass is 10.2. The Labute approximate surface area is 462 Å². The number of aryl methyl sites for hydroxylation is 2. The van der Waals surface area contributed by atoms with Crippen molar-refractivity contribution in [3.63, 3.8) is 0 Å². The second-order valence-corrected chi connectivity index (χ2v) is 16.5. The molecule has 0 bridgehead atoms. The van der Waals surface area contributed by atoms with Crippen LogP contribution in [0.15, 0.2) is 121 Å². The smallest absolute Gasteiger partial charge is 0.430 e. The van der Waals surface area contributed by atoms with E-state index in [1.807, 2.05) is 32.0 Å². The lowest BCUT2D eigenvalue weighted by Crippen LogP contribution is -2.28. The Morgan fingerprint density at radius 1 is 0.398 bits per heavy atom. The zero-order valence-electron chi connectivity index (χ0n) is 42.6. The van der Waals surface area contributed by atoms with Gasteiger partial charge in [-0.1, -0.05) is 36.4 Å². The Morgan fingerprint density at radius 2 is 0.747 bits per heavy atom. The molecule has 0 saturated carbocycles. The van der Waals surface area contributed by atoms with Crippen molar-refractivity contribution in [1.82, 2.24) is 0 Å². The molecule has 5 heterocycles. The molecule has 30 heteroatoms. The van der Waals surface area contributed by atoms with E-state index >= 15 is 0 Å². The van der Waals surface area contributed by atoms with Gasteiger partial charge >= 0.3 is 66.8 Å². The molecule has 438 valence electrons. The summed E-state index contributed by atoms with van der Waals surface area (Å²) in [6.45, 7) is 2.88. The summed E-state index contributed by atoms with van der Waals surface area (Å²) in [5, 5.41) is 0. The fraction of sp³-hybridized carbons (Fsp3) is 0.245. The highest BCUT2D eigenvalue weighted by Gasteiger charge is 2.37. The van der Waals surface area contributed by atoms with E-state index in [4.69, 9.17) is 23.7 Å². The van der Waals surface area contributed by atoms with Crippen LogP contribution >= 0.6 is 0 Å². The van der Waals surface area contributed by atoms with Crippen LogP contribution in [0.4, 0.5) is 45.9 Å². The normalized spacial score (nSPS) is 18.8. The van der Waals surface area contributed by atoms with Crippen molar-refractivity contribution in [3.05, 3.63) is 150 Å². The third-order valence-electron chi connectivity index (χ3n) is 10.2. The minimum atomic E-state index is -4.46. The van der Waals surface area contributed by atoms with E-state index in [1.54, 1.807) is 30.3 Å². The minimum Gasteiger partial charge on any atom is -0.430 e. The summed E-state index contributed by atoms with van der Waals surface area (Å²) >= 11 is 0. The second-order valence-electron chi connectivity index (χ2n) is 16.5. The van der Waals surface area contributed by atoms with Gasteiger partial charge in [0.05, 0.1) is 5.56 Å². The maximum Gasteiger partial charge on any atom is 0.509 e. The number of ether oxygens (including phenoxy) is 15. The van der Waals surface area contributed by atoms with Crippen LogP contribution in [0.5, 0.6) is 28.7 Å². The average molecular weight is 1170 g/mol. The van der Waals surface area contributed by atoms with Crippen molar-refractivity contribution in [2.24, 2.45) is 0 Å². The second kappa shape index (κ2) is 29.1. The van der Waals surface area contributed by atoms with E-state index < -0.39 is 115 Å². The zero-order chi connectivity index (χ0) is 60.2. The van der Waals surface area contributed by atoms with Gasteiger partial charge in [0.1, 0.15) is 73.4 Å². The third kappa shape index (κ3) is 19.9. The summed E-state index contributed by atoms with van der Waals surface area (Å²) < 4.78 is 132. The molecule has 5 aliphatic rings. The summed E-state index contributed by atoms with van der Waals surface area (Å²) in [7, 11) is 0. The molecular formula is C53H41F5O25. The van der Waals surface area contributed by atoms with Crippen LogP contribution in [0.1, 0.15) is 16.7 Å². The molecule has 5 saturated heterocycles. The average Bonchev–Trinajstić information content (AvgIpc) is 4.43. The fourth-order valence-corrected chi connectivity index (χ4v) is 6.22. The molecule has 25 nitrogen and oxygen atoms in total. The lowest BCUT2D eigenvalue weighted by molar-refractivity contribution is -0.142. The van der Waals surface area contributed by atoms with Gasteiger partial charge in [-0.3, -0.25) is 0 Å². The Balaban J connectivity index is 0.000000167. The first kappa shape index (κ1) is 61.7. The van der Waals surface area contributed by atoms with Crippen LogP contribution in [0.3, 0.4) is 0 Å². The molecule has 5 aliphatic heterocycles. The first-order chi connectivity index (χ1) is 39.5. The van der Waals surface area contributed by atoms with E-state index in [2.05, 4.69) is 47.4 Å². The maximum atomic E-state index is 12.8. The molecule has 10 rings (SSSR count). The van der Waals surface area contributed by atoms with Crippen LogP contribution in [0, 0.1) is 25.5 Å². The van der Waals surface area contributed by atoms with Crippen LogP contribution in [-0.2, 0) is 77.5 Å². The van der Waals surface area contributed by atoms with Gasteiger partial charge in [-0.15, -0.1) is 0 Å². The summed E-state index contributed by atoms with van der Waals surface area (Å²) in [5.74, 6) is -3.65. The Hall–Kier alpha value is -10.6. The molecule has 0 aliphatic carbocycles. The number of carbonyl (C=O) groups is 10. The number of benzene rings is 5. The largest absolute Gasteiger partial charge is 0.509 e. The number of alkyl halides is 3. The summed E-state index contributed by atoms with van der Waals surface area (Å²) in [5.41, 5.74) is 0.953. The number of rotatable bonds is 10. The van der Waals surface area contributed by atoms with E-state index in [9.17, 15) is 69.9 Å². The Morgan fingerprint density at radius 3 is 1.10 bits per heavy atom. The van der Waals surface area contributed by atoms with Crippen molar-refractivity contribution < 1.29 is 141 Å². The molecule has 5 aromatic rings. The molecule has 83 heavy (non-hydrogen) atoms. The molecule has 0 amide bonds. The standard InChI is InChI=1S/C11H7F3O5.2C11H10O5.2C10H7FO5/c12-11(13,14)6-1-3-7(4-2-6)18-9(15)8-5-17-10(16)19-8;1-7-3-2-4-8(5-7)15-10(12)9-6-14-11(13)16-9;1-7-4-2-3-5-8(7)15-10(12)9-6-14-11(13)16-9;11-6-1-3-7(4-2-6)15-9(12)8-5-14-10(13)16-8;11-6-2-1-3-7(4-6)15-9(12)8-5-14-10(13)16-8/h1-4,8H,5H2;2*2-5,9H,6H2,1H3;2*1-4,8H,5H2. The van der Waals surface area contributed by atoms with E-state index in [-0.39, 0.29) is 50.3 Å². The SMILES string of the molecule is Cc1cccc(OC(=O)C2COC(=O)O2)c1.Cc1ccccc1OC(=O)C1COC(=O)O1.O=C1OCC(C(=O)Oc2ccc(C(F)(F)F)cc2)O1.O=C1OCC(C(=O)Oc2ccc(F)cc2)O1.O=C1OCC(C(=O)Oc2cccc(F)c2)O1. The summed E-state index contributed by atoms with van der Waals surface area (Å²) in [4.78, 5) is 110. The number of para-hydroxylation sites is 1. The summed E-state index contributed by atoms with van der Waals surface area (Å²) in [6.07, 6.45) is -14.2. The minimum absolute atomic E-state index is 0.0490. The predicted molar refractivity (Wildman–Crippen MR) is 256 cm³/mol. The highest BCUT2D eigenvalue weighted by Crippen LogP contribution is 2.30. The molecule has 0 spiro atoms. The van der Waals surface area contributed by atoms with Crippen molar-refractivity contribution in [3.8, 4) is 28.7 Å². The molecule has 0 radical (unpaired) electrons. The first-order valence-electron chi connectivity index (χ1n) is 23.5. The molecule has 5 aromatic carbocycles. The maximum absolute atomic E-state index is 12.8. The molecule has 0 aromatic heterocycles. The molecule has 5 atom stereocenters. The zero-order valence-corrected chi connectivity index (χ0v) is 42.6. The number of esters is 5. The van der Waals surface area contributed by atoms with E-state index in [1.165, 1.54) is 30.3 Å². The highest BCUT2D eigenvalue weighted by atomic mass is 19.4. The van der Waals surface area contributed by atoms with Crippen LogP contribution in [0.2, 0.25) is 0 Å². The third-order valence-corrected chi connectivity index (χ3v) is 10.2. The monoisotopic (exact) mass is 1170 g/mol. The Kier molecular flexibility index (Phi) is 21.6. The van der Waals surface area contributed by atoms with Crippen molar-refractivity contribution in [1.29, 1.82) is 0 Å². The van der Waals surface area contributed by atoms with Gasteiger partial charge in [0, 0.05) is 6.07 Å². The number of hydrogen-bond donors (Lipinski definition) is 0. The van der Waals surface area contributed by atoms with Crippen molar-refractivity contribution in [2.45, 2.75) is 50.5 Å².